The maximum absolute atomic E-state index is 6.18. The molecule has 0 bridgehead atoms. The average Bonchev–Trinajstić information content (AvgIpc) is 3.14. The molecule has 5 heteroatoms. The normalized spacial score (nSPS) is 28.8. The van der Waals surface area contributed by atoms with Gasteiger partial charge in [-0.25, -0.2) is 0 Å². The van der Waals surface area contributed by atoms with Crippen molar-refractivity contribution in [2.75, 3.05) is 6.54 Å². The van der Waals surface area contributed by atoms with Crippen molar-refractivity contribution < 1.29 is 4.52 Å². The average molecular weight is 290 g/mol. The molecule has 1 aliphatic carbocycles. The molecule has 1 saturated heterocycles. The van der Waals surface area contributed by atoms with Gasteiger partial charge in [0, 0.05) is 5.56 Å². The fourth-order valence-corrected chi connectivity index (χ4v) is 3.79. The smallest absolute Gasteiger partial charge is 0.244 e. The first kappa shape index (κ1) is 12.4. The third kappa shape index (κ3) is 1.95. The third-order valence-electron chi connectivity index (χ3n) is 4.57. The van der Waals surface area contributed by atoms with E-state index >= 15 is 0 Å². The van der Waals surface area contributed by atoms with Gasteiger partial charge in [0.05, 0.1) is 11.1 Å². The Hall–Kier alpha value is -1.39. The first-order valence-electron chi connectivity index (χ1n) is 7.15. The molecule has 104 valence electrons. The molecule has 3 unspecified atom stereocenters. The molecule has 4 nitrogen and oxygen atoms in total. The fraction of sp³-hybridized carbons (Fsp3) is 0.467. The van der Waals surface area contributed by atoms with Crippen molar-refractivity contribution in [2.45, 2.75) is 25.3 Å². The lowest BCUT2D eigenvalue weighted by molar-refractivity contribution is 0.302. The van der Waals surface area contributed by atoms with Gasteiger partial charge in [0.1, 0.15) is 0 Å². The van der Waals surface area contributed by atoms with Crippen LogP contribution in [0.5, 0.6) is 0 Å². The van der Waals surface area contributed by atoms with Crippen LogP contribution in [0.4, 0.5) is 0 Å². The molecule has 3 atom stereocenters. The van der Waals surface area contributed by atoms with Crippen molar-refractivity contribution in [3.8, 4) is 11.4 Å². The van der Waals surface area contributed by atoms with Gasteiger partial charge in [-0.3, -0.25) is 0 Å². The summed E-state index contributed by atoms with van der Waals surface area (Å²) in [5.74, 6) is 2.70. The van der Waals surface area contributed by atoms with E-state index in [2.05, 4.69) is 15.5 Å². The first-order valence-corrected chi connectivity index (χ1v) is 7.52. The van der Waals surface area contributed by atoms with Gasteiger partial charge in [-0.1, -0.05) is 35.3 Å². The van der Waals surface area contributed by atoms with Crippen molar-refractivity contribution in [3.63, 3.8) is 0 Å². The van der Waals surface area contributed by atoms with E-state index in [1.807, 2.05) is 24.3 Å². The SMILES string of the molecule is Clc1ccccc1-c1noc(C2NCC3CCCC32)n1. The second-order valence-corrected chi connectivity index (χ2v) is 6.08. The van der Waals surface area contributed by atoms with E-state index in [9.17, 15) is 0 Å². The summed E-state index contributed by atoms with van der Waals surface area (Å²) in [4.78, 5) is 4.56. The van der Waals surface area contributed by atoms with Gasteiger partial charge in [-0.15, -0.1) is 0 Å². The van der Waals surface area contributed by atoms with Crippen molar-refractivity contribution in [3.05, 3.63) is 35.2 Å². The van der Waals surface area contributed by atoms with Gasteiger partial charge in [0.25, 0.3) is 0 Å². The number of fused-ring (bicyclic) bond motifs is 1. The fourth-order valence-electron chi connectivity index (χ4n) is 3.57. The largest absolute Gasteiger partial charge is 0.337 e. The highest BCUT2D eigenvalue weighted by Gasteiger charge is 2.42. The summed E-state index contributed by atoms with van der Waals surface area (Å²) in [7, 11) is 0. The molecule has 2 fully saturated rings. The van der Waals surface area contributed by atoms with Gasteiger partial charge in [-0.2, -0.15) is 4.98 Å². The molecule has 1 N–H and O–H groups in total. The Morgan fingerprint density at radius 1 is 1.25 bits per heavy atom. The molecule has 2 heterocycles. The highest BCUT2D eigenvalue weighted by molar-refractivity contribution is 6.33. The van der Waals surface area contributed by atoms with Crippen LogP contribution >= 0.6 is 11.6 Å². The van der Waals surface area contributed by atoms with Gasteiger partial charge in [0.15, 0.2) is 0 Å². The molecule has 0 spiro atoms. The predicted octanol–water partition coefficient (Wildman–Crippen LogP) is 3.45. The second kappa shape index (κ2) is 4.86. The summed E-state index contributed by atoms with van der Waals surface area (Å²) in [6.07, 6.45) is 3.89. The minimum absolute atomic E-state index is 0.214. The van der Waals surface area contributed by atoms with E-state index < -0.39 is 0 Å². The number of nitrogens with zero attached hydrogens (tertiary/aromatic N) is 2. The Labute approximate surface area is 122 Å². The summed E-state index contributed by atoms with van der Waals surface area (Å²) in [5.41, 5.74) is 0.824. The Balaban J connectivity index is 1.64. The summed E-state index contributed by atoms with van der Waals surface area (Å²) in [5, 5.41) is 8.27. The van der Waals surface area contributed by atoms with Crippen LogP contribution in [0.1, 0.15) is 31.2 Å². The third-order valence-corrected chi connectivity index (χ3v) is 4.90. The van der Waals surface area contributed by atoms with Gasteiger partial charge >= 0.3 is 0 Å². The predicted molar refractivity (Wildman–Crippen MR) is 76.3 cm³/mol. The zero-order chi connectivity index (χ0) is 13.5. The lowest BCUT2D eigenvalue weighted by atomic mass is 9.94. The molecule has 0 amide bonds. The van der Waals surface area contributed by atoms with Crippen LogP contribution in [0.2, 0.25) is 5.02 Å². The summed E-state index contributed by atoms with van der Waals surface area (Å²) >= 11 is 6.18. The number of benzene rings is 1. The number of halogens is 1. The first-order chi connectivity index (χ1) is 9.83. The van der Waals surface area contributed by atoms with Crippen LogP contribution in [-0.2, 0) is 0 Å². The minimum Gasteiger partial charge on any atom is -0.337 e. The van der Waals surface area contributed by atoms with E-state index in [-0.39, 0.29) is 6.04 Å². The van der Waals surface area contributed by atoms with E-state index in [4.69, 9.17) is 16.1 Å². The zero-order valence-corrected chi connectivity index (χ0v) is 11.8. The number of rotatable bonds is 2. The van der Waals surface area contributed by atoms with Crippen molar-refractivity contribution in [2.24, 2.45) is 11.8 Å². The molecule has 1 aromatic carbocycles. The molecule has 4 rings (SSSR count). The lowest BCUT2D eigenvalue weighted by Gasteiger charge is -2.13. The standard InChI is InChI=1S/C15H16ClN3O/c16-12-7-2-1-5-11(12)14-18-15(20-19-14)13-10-6-3-4-9(10)8-17-13/h1-2,5,7,9-10,13,17H,3-4,6,8H2. The summed E-state index contributed by atoms with van der Waals surface area (Å²) in [6.45, 7) is 1.07. The molecule has 1 aliphatic heterocycles. The van der Waals surface area contributed by atoms with Crippen LogP contribution in [0.15, 0.2) is 28.8 Å². The van der Waals surface area contributed by atoms with Crippen molar-refractivity contribution in [1.82, 2.24) is 15.5 Å². The van der Waals surface area contributed by atoms with Crippen LogP contribution in [0.3, 0.4) is 0 Å². The van der Waals surface area contributed by atoms with Crippen LogP contribution in [-0.4, -0.2) is 16.7 Å². The highest BCUT2D eigenvalue weighted by Crippen LogP contribution is 2.44. The Morgan fingerprint density at radius 2 is 2.15 bits per heavy atom. The van der Waals surface area contributed by atoms with Crippen LogP contribution in [0.25, 0.3) is 11.4 Å². The molecular formula is C15H16ClN3O. The van der Waals surface area contributed by atoms with Crippen molar-refractivity contribution in [1.29, 1.82) is 0 Å². The van der Waals surface area contributed by atoms with Gasteiger partial charge in [0.2, 0.25) is 11.7 Å². The monoisotopic (exact) mass is 289 g/mol. The number of nitrogens with one attached hydrogen (secondary N) is 1. The lowest BCUT2D eigenvalue weighted by Crippen LogP contribution is -2.18. The molecule has 2 aliphatic rings. The quantitative estimate of drug-likeness (QED) is 0.920. The Bertz CT molecular complexity index is 627. The van der Waals surface area contributed by atoms with E-state index in [1.165, 1.54) is 19.3 Å². The number of hydrogen-bond donors (Lipinski definition) is 1. The van der Waals surface area contributed by atoms with E-state index in [0.29, 0.717) is 22.7 Å². The Kier molecular flexibility index (Phi) is 3.00. The molecule has 0 radical (unpaired) electrons. The molecule has 20 heavy (non-hydrogen) atoms. The number of hydrogen-bond acceptors (Lipinski definition) is 4. The summed E-state index contributed by atoms with van der Waals surface area (Å²) < 4.78 is 5.48. The van der Waals surface area contributed by atoms with Gasteiger partial charge in [-0.05, 0) is 43.4 Å². The summed E-state index contributed by atoms with van der Waals surface area (Å²) in [6, 6.07) is 7.80. The molecule has 2 aromatic rings. The second-order valence-electron chi connectivity index (χ2n) is 5.68. The topological polar surface area (TPSA) is 51.0 Å². The zero-order valence-electron chi connectivity index (χ0n) is 11.1. The van der Waals surface area contributed by atoms with Crippen molar-refractivity contribution >= 4 is 11.6 Å². The Morgan fingerprint density at radius 3 is 3.05 bits per heavy atom. The molecule has 1 saturated carbocycles. The minimum atomic E-state index is 0.214. The van der Waals surface area contributed by atoms with Crippen LogP contribution < -0.4 is 5.32 Å². The molecular weight excluding hydrogens is 274 g/mol. The maximum Gasteiger partial charge on any atom is 0.244 e. The molecule has 1 aromatic heterocycles. The highest BCUT2D eigenvalue weighted by atomic mass is 35.5. The maximum atomic E-state index is 6.18. The van der Waals surface area contributed by atoms with Gasteiger partial charge < -0.3 is 9.84 Å². The number of aromatic nitrogens is 2. The van der Waals surface area contributed by atoms with Crippen LogP contribution in [0, 0.1) is 11.8 Å². The van der Waals surface area contributed by atoms with E-state index in [1.54, 1.807) is 0 Å². The van der Waals surface area contributed by atoms with E-state index in [0.717, 1.165) is 18.0 Å².